The molecule has 0 aliphatic carbocycles. The third kappa shape index (κ3) is 6.19. The molecule has 0 atom stereocenters. The van der Waals surface area contributed by atoms with Crippen molar-refractivity contribution >= 4 is 41.5 Å². The van der Waals surface area contributed by atoms with Crippen LogP contribution in [0.25, 0.3) is 0 Å². The minimum atomic E-state index is -1.03. The van der Waals surface area contributed by atoms with Crippen molar-refractivity contribution in [3.8, 4) is 5.75 Å². The summed E-state index contributed by atoms with van der Waals surface area (Å²) in [5.41, 5.74) is 0.115. The molecule has 0 heterocycles. The number of rotatable bonds is 6. The maximum absolute atomic E-state index is 11.4. The number of unbranched alkanes of at least 4 members (excludes halogenated alkanes) is 2. The Morgan fingerprint density at radius 2 is 2.00 bits per heavy atom. The molecule has 0 saturated heterocycles. The second-order valence-electron chi connectivity index (χ2n) is 3.76. The van der Waals surface area contributed by atoms with Gasteiger partial charge < -0.3 is 9.84 Å². The Bertz CT molecular complexity index is 404. The Hall–Kier alpha value is -0.840. The van der Waals surface area contributed by atoms with E-state index in [0.717, 1.165) is 19.3 Å². The van der Waals surface area contributed by atoms with Gasteiger partial charge in [0.05, 0.1) is 5.56 Å². The molecule has 0 unspecified atom stereocenters. The second-order valence-corrected chi connectivity index (χ2v) is 3.76. The summed E-state index contributed by atoms with van der Waals surface area (Å²) in [6.45, 7) is 2.06. The van der Waals surface area contributed by atoms with E-state index < -0.39 is 5.97 Å². The number of esters is 1. The fourth-order valence-corrected chi connectivity index (χ4v) is 1.39. The van der Waals surface area contributed by atoms with Gasteiger partial charge in [0, 0.05) is 6.42 Å². The zero-order valence-corrected chi connectivity index (χ0v) is 9.81. The maximum atomic E-state index is 11.4. The van der Waals surface area contributed by atoms with E-state index in [9.17, 15) is 9.59 Å². The van der Waals surface area contributed by atoms with Crippen LogP contribution >= 0.6 is 0 Å². The summed E-state index contributed by atoms with van der Waals surface area (Å²) >= 11 is 0. The van der Waals surface area contributed by atoms with Gasteiger partial charge in [-0.15, -0.1) is 0 Å². The summed E-state index contributed by atoms with van der Waals surface area (Å²) in [7, 11) is 0. The zero-order chi connectivity index (χ0) is 12.7. The first-order valence-electron chi connectivity index (χ1n) is 5.67. The first kappa shape index (κ1) is 17.2. The summed E-state index contributed by atoms with van der Waals surface area (Å²) in [6, 6.07) is 5.93. The standard InChI is InChI=1S/C13H16O4.Na.H/c1-2-3-4-8-12(14)17-11-7-5-6-10(9-11)13(15)16;;/h5-7,9H,2-4,8H2,1H3,(H,15,16);;. The van der Waals surface area contributed by atoms with Crippen LogP contribution in [0, 0.1) is 0 Å². The second kappa shape index (κ2) is 9.14. The van der Waals surface area contributed by atoms with Crippen molar-refractivity contribution in [3.63, 3.8) is 0 Å². The molecule has 0 amide bonds. The average molecular weight is 260 g/mol. The molecule has 1 N–H and O–H groups in total. The quantitative estimate of drug-likeness (QED) is 0.368. The molecular weight excluding hydrogens is 243 g/mol. The van der Waals surface area contributed by atoms with E-state index in [1.54, 1.807) is 12.1 Å². The van der Waals surface area contributed by atoms with Crippen molar-refractivity contribution in [2.75, 3.05) is 0 Å². The number of hydrogen-bond acceptors (Lipinski definition) is 3. The Kier molecular flexibility index (Phi) is 8.71. The fraction of sp³-hybridized carbons (Fsp3) is 0.385. The van der Waals surface area contributed by atoms with Crippen molar-refractivity contribution < 1.29 is 19.4 Å². The molecule has 0 saturated carbocycles. The molecule has 1 rings (SSSR count). The van der Waals surface area contributed by atoms with E-state index in [4.69, 9.17) is 9.84 Å². The molecule has 18 heavy (non-hydrogen) atoms. The predicted octanol–water partition coefficient (Wildman–Crippen LogP) is 2.22. The van der Waals surface area contributed by atoms with Gasteiger partial charge >= 0.3 is 41.5 Å². The number of carbonyl (C=O) groups is 2. The molecule has 0 aliphatic rings. The van der Waals surface area contributed by atoms with E-state index in [2.05, 4.69) is 6.92 Å². The van der Waals surface area contributed by atoms with Gasteiger partial charge in [0.25, 0.3) is 0 Å². The summed E-state index contributed by atoms with van der Waals surface area (Å²) in [6.07, 6.45) is 3.20. The molecule has 0 radical (unpaired) electrons. The van der Waals surface area contributed by atoms with Crippen molar-refractivity contribution in [1.82, 2.24) is 0 Å². The van der Waals surface area contributed by atoms with Crippen LogP contribution in [0.15, 0.2) is 24.3 Å². The number of ether oxygens (including phenoxy) is 1. The number of aromatic carboxylic acids is 1. The molecule has 4 nitrogen and oxygen atoms in total. The molecule has 0 bridgehead atoms. The Balaban J connectivity index is 0.00000289. The number of hydrogen-bond donors (Lipinski definition) is 1. The molecule has 0 aromatic heterocycles. The average Bonchev–Trinajstić information content (AvgIpc) is 2.29. The third-order valence-corrected chi connectivity index (χ3v) is 2.30. The molecule has 0 spiro atoms. The molecule has 1 aromatic carbocycles. The van der Waals surface area contributed by atoms with Crippen LogP contribution in [0.5, 0.6) is 5.75 Å². The van der Waals surface area contributed by atoms with E-state index in [1.165, 1.54) is 12.1 Å². The first-order valence-corrected chi connectivity index (χ1v) is 5.67. The van der Waals surface area contributed by atoms with E-state index in [0.29, 0.717) is 6.42 Å². The molecule has 0 aliphatic heterocycles. The van der Waals surface area contributed by atoms with Crippen LogP contribution in [0.3, 0.4) is 0 Å². The topological polar surface area (TPSA) is 63.6 Å². The Labute approximate surface area is 129 Å². The molecule has 94 valence electrons. The van der Waals surface area contributed by atoms with Crippen molar-refractivity contribution in [3.05, 3.63) is 29.8 Å². The minimum absolute atomic E-state index is 0. The van der Waals surface area contributed by atoms with Gasteiger partial charge in [-0.05, 0) is 24.6 Å². The molecule has 5 heteroatoms. The van der Waals surface area contributed by atoms with Gasteiger partial charge in [0.2, 0.25) is 0 Å². The van der Waals surface area contributed by atoms with Gasteiger partial charge in [0.15, 0.2) is 0 Å². The Morgan fingerprint density at radius 3 is 2.61 bits per heavy atom. The SMILES string of the molecule is CCCCCC(=O)Oc1cccc(C(=O)O)c1.[NaH]. The number of benzene rings is 1. The molecular formula is C13H17NaO4. The van der Waals surface area contributed by atoms with Crippen LogP contribution in [-0.4, -0.2) is 46.6 Å². The van der Waals surface area contributed by atoms with Crippen LogP contribution in [0.4, 0.5) is 0 Å². The summed E-state index contributed by atoms with van der Waals surface area (Å²) in [4.78, 5) is 22.1. The summed E-state index contributed by atoms with van der Waals surface area (Å²) in [5.74, 6) is -1.07. The van der Waals surface area contributed by atoms with Crippen LogP contribution in [-0.2, 0) is 4.79 Å². The monoisotopic (exact) mass is 260 g/mol. The van der Waals surface area contributed by atoms with Crippen molar-refractivity contribution in [2.24, 2.45) is 0 Å². The van der Waals surface area contributed by atoms with Gasteiger partial charge in [-0.3, -0.25) is 4.79 Å². The van der Waals surface area contributed by atoms with Gasteiger partial charge in [-0.2, -0.15) is 0 Å². The van der Waals surface area contributed by atoms with Gasteiger partial charge in [-0.1, -0.05) is 25.8 Å². The van der Waals surface area contributed by atoms with E-state index >= 15 is 0 Å². The van der Waals surface area contributed by atoms with Crippen LogP contribution in [0.2, 0.25) is 0 Å². The molecule has 1 aromatic rings. The van der Waals surface area contributed by atoms with Crippen LogP contribution in [0.1, 0.15) is 43.0 Å². The van der Waals surface area contributed by atoms with Crippen molar-refractivity contribution in [1.29, 1.82) is 0 Å². The molecule has 0 fully saturated rings. The van der Waals surface area contributed by atoms with E-state index in [1.807, 2.05) is 0 Å². The van der Waals surface area contributed by atoms with Gasteiger partial charge in [-0.25, -0.2) is 4.79 Å². The first-order chi connectivity index (χ1) is 8.13. The normalized spacial score (nSPS) is 9.39. The summed E-state index contributed by atoms with van der Waals surface area (Å²) in [5, 5.41) is 8.78. The summed E-state index contributed by atoms with van der Waals surface area (Å²) < 4.78 is 5.05. The van der Waals surface area contributed by atoms with Crippen LogP contribution < -0.4 is 4.74 Å². The zero-order valence-electron chi connectivity index (χ0n) is 9.81. The number of carbonyl (C=O) groups excluding carboxylic acids is 1. The fourth-order valence-electron chi connectivity index (χ4n) is 1.39. The third-order valence-electron chi connectivity index (χ3n) is 2.30. The predicted molar refractivity (Wildman–Crippen MR) is 70.3 cm³/mol. The van der Waals surface area contributed by atoms with Gasteiger partial charge in [0.1, 0.15) is 5.75 Å². The van der Waals surface area contributed by atoms with E-state index in [-0.39, 0.29) is 46.8 Å². The Morgan fingerprint density at radius 1 is 1.28 bits per heavy atom. The van der Waals surface area contributed by atoms with Crippen molar-refractivity contribution in [2.45, 2.75) is 32.6 Å². The number of carboxylic acids is 1. The number of carboxylic acid groups (broad SMARTS) is 1.